The van der Waals surface area contributed by atoms with Gasteiger partial charge in [-0.05, 0) is 36.8 Å². The number of nitrogens with zero attached hydrogens (tertiary/aromatic N) is 4. The molecule has 4 aromatic rings. The fraction of sp³-hybridized carbons (Fsp3) is 0.105. The first-order chi connectivity index (χ1) is 12.6. The van der Waals surface area contributed by atoms with Crippen LogP contribution in [0.4, 0.5) is 0 Å². The monoisotopic (exact) mass is 366 g/mol. The quantitative estimate of drug-likeness (QED) is 0.552. The van der Waals surface area contributed by atoms with Gasteiger partial charge in [0.05, 0.1) is 6.54 Å². The summed E-state index contributed by atoms with van der Waals surface area (Å²) in [7, 11) is 0. The van der Waals surface area contributed by atoms with Gasteiger partial charge in [-0.1, -0.05) is 41.4 Å². The maximum absolute atomic E-state index is 12.6. The molecule has 7 heteroatoms. The molecule has 0 N–H and O–H groups in total. The molecule has 6 nitrogen and oxygen atoms in total. The second-order valence-corrected chi connectivity index (χ2v) is 6.34. The molecule has 0 atom stereocenters. The normalized spacial score (nSPS) is 11.0. The number of halogens is 1. The largest absolute Gasteiger partial charge is 0.436 e. The predicted molar refractivity (Wildman–Crippen MR) is 99.1 cm³/mol. The van der Waals surface area contributed by atoms with Crippen molar-refractivity contribution in [1.29, 1.82) is 0 Å². The third kappa shape index (κ3) is 3.19. The zero-order valence-electron chi connectivity index (χ0n) is 14.0. The first kappa shape index (κ1) is 16.4. The maximum atomic E-state index is 12.6. The molecule has 130 valence electrons. The highest BCUT2D eigenvalue weighted by Crippen LogP contribution is 2.23. The number of benzene rings is 2. The molecular weight excluding hydrogens is 352 g/mol. The lowest BCUT2D eigenvalue weighted by molar-refractivity contribution is 0.464. The average Bonchev–Trinajstić information content (AvgIpc) is 2.96. The minimum absolute atomic E-state index is 0.246. The Morgan fingerprint density at radius 1 is 1.08 bits per heavy atom. The molecule has 2 aromatic heterocycles. The van der Waals surface area contributed by atoms with Crippen LogP contribution in [0, 0.1) is 6.92 Å². The van der Waals surface area contributed by atoms with Crippen molar-refractivity contribution in [2.45, 2.75) is 13.5 Å². The second kappa shape index (κ2) is 6.65. The van der Waals surface area contributed by atoms with Crippen molar-refractivity contribution in [3.05, 3.63) is 87.6 Å². The Hall–Kier alpha value is -3.12. The maximum Gasteiger partial charge on any atom is 0.350 e. The Kier molecular flexibility index (Phi) is 4.18. The van der Waals surface area contributed by atoms with Gasteiger partial charge in [-0.3, -0.25) is 0 Å². The van der Waals surface area contributed by atoms with Gasteiger partial charge in [0.25, 0.3) is 5.88 Å². The molecule has 0 aliphatic carbocycles. The van der Waals surface area contributed by atoms with Crippen molar-refractivity contribution >= 4 is 17.2 Å². The Balaban J connectivity index is 1.71. The smallest absolute Gasteiger partial charge is 0.350 e. The summed E-state index contributed by atoms with van der Waals surface area (Å²) in [5, 5.41) is 5.01. The molecule has 26 heavy (non-hydrogen) atoms. The molecule has 0 aliphatic heterocycles. The fourth-order valence-electron chi connectivity index (χ4n) is 2.58. The van der Waals surface area contributed by atoms with Crippen LogP contribution >= 0.6 is 11.6 Å². The Morgan fingerprint density at radius 2 is 1.81 bits per heavy atom. The van der Waals surface area contributed by atoms with E-state index in [0.717, 1.165) is 5.56 Å². The Bertz CT molecular complexity index is 1120. The molecule has 0 bridgehead atoms. The molecule has 0 spiro atoms. The van der Waals surface area contributed by atoms with Gasteiger partial charge < -0.3 is 4.74 Å². The van der Waals surface area contributed by atoms with Crippen molar-refractivity contribution in [1.82, 2.24) is 19.2 Å². The number of aryl methyl sites for hydroxylation is 1. The van der Waals surface area contributed by atoms with Crippen LogP contribution in [0.2, 0.25) is 5.02 Å². The lowest BCUT2D eigenvalue weighted by atomic mass is 10.1. The molecule has 2 heterocycles. The number of fused-ring (bicyclic) bond motifs is 1. The summed E-state index contributed by atoms with van der Waals surface area (Å²) in [6, 6.07) is 14.9. The van der Waals surface area contributed by atoms with E-state index in [1.165, 1.54) is 20.8 Å². The molecule has 0 amide bonds. The second-order valence-electron chi connectivity index (χ2n) is 5.91. The topological polar surface area (TPSA) is 61.4 Å². The SMILES string of the molecule is Cc1ccc(Cn2nc3c(Oc4ccc(Cl)cc4)nccn3c2=O)cc1. The van der Waals surface area contributed by atoms with Crippen LogP contribution in [0.15, 0.2) is 65.7 Å². The number of hydrogen-bond acceptors (Lipinski definition) is 4. The summed E-state index contributed by atoms with van der Waals surface area (Å²) in [5.41, 5.74) is 2.27. The van der Waals surface area contributed by atoms with Crippen LogP contribution in [-0.2, 0) is 6.54 Å². The summed E-state index contributed by atoms with van der Waals surface area (Å²) < 4.78 is 8.60. The van der Waals surface area contributed by atoms with Crippen LogP contribution in [0.25, 0.3) is 5.65 Å². The Labute approximate surface area is 154 Å². The first-order valence-corrected chi connectivity index (χ1v) is 8.41. The van der Waals surface area contributed by atoms with E-state index in [2.05, 4.69) is 10.1 Å². The van der Waals surface area contributed by atoms with Crippen LogP contribution in [0.5, 0.6) is 11.6 Å². The summed E-state index contributed by atoms with van der Waals surface area (Å²) in [6.45, 7) is 2.40. The average molecular weight is 367 g/mol. The molecule has 0 saturated carbocycles. The van der Waals surface area contributed by atoms with E-state index in [1.807, 2.05) is 31.2 Å². The van der Waals surface area contributed by atoms with E-state index < -0.39 is 0 Å². The van der Waals surface area contributed by atoms with Gasteiger partial charge >= 0.3 is 5.69 Å². The zero-order valence-corrected chi connectivity index (χ0v) is 14.7. The van der Waals surface area contributed by atoms with Gasteiger partial charge in [0, 0.05) is 17.4 Å². The summed E-state index contributed by atoms with van der Waals surface area (Å²) in [6.07, 6.45) is 3.09. The molecule has 0 unspecified atom stereocenters. The highest BCUT2D eigenvalue weighted by molar-refractivity contribution is 6.30. The van der Waals surface area contributed by atoms with E-state index in [4.69, 9.17) is 16.3 Å². The third-order valence-electron chi connectivity index (χ3n) is 3.95. The lowest BCUT2D eigenvalue weighted by Gasteiger charge is -2.04. The van der Waals surface area contributed by atoms with E-state index >= 15 is 0 Å². The number of aromatic nitrogens is 4. The van der Waals surface area contributed by atoms with Crippen molar-refractivity contribution in [3.63, 3.8) is 0 Å². The van der Waals surface area contributed by atoms with Gasteiger partial charge in [-0.25, -0.2) is 18.9 Å². The van der Waals surface area contributed by atoms with E-state index in [9.17, 15) is 4.79 Å². The highest BCUT2D eigenvalue weighted by atomic mass is 35.5. The van der Waals surface area contributed by atoms with Crippen LogP contribution in [-0.4, -0.2) is 19.2 Å². The molecule has 0 aliphatic rings. The number of hydrogen-bond donors (Lipinski definition) is 0. The van der Waals surface area contributed by atoms with Gasteiger partial charge in [0.15, 0.2) is 0 Å². The molecule has 0 radical (unpaired) electrons. The summed E-state index contributed by atoms with van der Waals surface area (Å²) >= 11 is 5.89. The zero-order chi connectivity index (χ0) is 18.1. The minimum atomic E-state index is -0.246. The van der Waals surface area contributed by atoms with Crippen molar-refractivity contribution in [3.8, 4) is 11.6 Å². The van der Waals surface area contributed by atoms with Crippen LogP contribution < -0.4 is 10.4 Å². The van der Waals surface area contributed by atoms with Gasteiger partial charge in [0.1, 0.15) is 5.75 Å². The predicted octanol–water partition coefficient (Wildman–Crippen LogP) is 3.69. The lowest BCUT2D eigenvalue weighted by Crippen LogP contribution is -2.21. The minimum Gasteiger partial charge on any atom is -0.436 e. The number of ether oxygens (including phenoxy) is 1. The standard InChI is InChI=1S/C19H15ClN4O2/c1-13-2-4-14(5-3-13)12-24-19(25)23-11-10-21-18(17(23)22-24)26-16-8-6-15(20)7-9-16/h2-11H,12H2,1H3. The molecular formula is C19H15ClN4O2. The Morgan fingerprint density at radius 3 is 2.54 bits per heavy atom. The third-order valence-corrected chi connectivity index (χ3v) is 4.20. The van der Waals surface area contributed by atoms with Crippen molar-refractivity contribution < 1.29 is 4.74 Å². The van der Waals surface area contributed by atoms with Gasteiger partial charge in [-0.2, -0.15) is 0 Å². The van der Waals surface area contributed by atoms with Crippen molar-refractivity contribution in [2.75, 3.05) is 0 Å². The summed E-state index contributed by atoms with van der Waals surface area (Å²) in [5.74, 6) is 0.824. The van der Waals surface area contributed by atoms with Crippen molar-refractivity contribution in [2.24, 2.45) is 0 Å². The summed E-state index contributed by atoms with van der Waals surface area (Å²) in [4.78, 5) is 16.8. The van der Waals surface area contributed by atoms with Crippen LogP contribution in [0.1, 0.15) is 11.1 Å². The van der Waals surface area contributed by atoms with Gasteiger partial charge in [-0.15, -0.1) is 5.10 Å². The van der Waals surface area contributed by atoms with E-state index in [1.54, 1.807) is 30.5 Å². The molecule has 0 fully saturated rings. The highest BCUT2D eigenvalue weighted by Gasteiger charge is 2.13. The van der Waals surface area contributed by atoms with Crippen LogP contribution in [0.3, 0.4) is 0 Å². The molecule has 0 saturated heterocycles. The van der Waals surface area contributed by atoms with Gasteiger partial charge in [0.2, 0.25) is 5.65 Å². The molecule has 4 rings (SSSR count). The molecule has 2 aromatic carbocycles. The fourth-order valence-corrected chi connectivity index (χ4v) is 2.71. The van der Waals surface area contributed by atoms with E-state index in [-0.39, 0.29) is 11.6 Å². The number of rotatable bonds is 4. The first-order valence-electron chi connectivity index (χ1n) is 8.03. The van der Waals surface area contributed by atoms with E-state index in [0.29, 0.717) is 23.0 Å².